The molecule has 0 N–H and O–H groups in total. The first-order chi connectivity index (χ1) is 13.7. The lowest BCUT2D eigenvalue weighted by molar-refractivity contribution is 0.152. The summed E-state index contributed by atoms with van der Waals surface area (Å²) in [6.45, 7) is 22.6. The third kappa shape index (κ3) is 4.77. The van der Waals surface area contributed by atoms with Gasteiger partial charge < -0.3 is 0 Å². The molecule has 0 radical (unpaired) electrons. The van der Waals surface area contributed by atoms with Crippen LogP contribution >= 0.6 is 0 Å². The van der Waals surface area contributed by atoms with Crippen LogP contribution in [0.25, 0.3) is 5.57 Å². The van der Waals surface area contributed by atoms with Gasteiger partial charge >= 0.3 is 0 Å². The average Bonchev–Trinajstić information content (AvgIpc) is 2.59. The number of rotatable bonds is 6. The lowest BCUT2D eigenvalue weighted by atomic mass is 9.67. The van der Waals surface area contributed by atoms with Gasteiger partial charge in [0.15, 0.2) is 0 Å². The molecule has 0 aliphatic rings. The summed E-state index contributed by atoms with van der Waals surface area (Å²) >= 11 is 0. The van der Waals surface area contributed by atoms with Gasteiger partial charge in [-0.2, -0.15) is 0 Å². The molecule has 0 heterocycles. The molecule has 0 amide bonds. The van der Waals surface area contributed by atoms with Gasteiger partial charge in [-0.15, -0.1) is 6.58 Å². The molecule has 0 aliphatic heterocycles. The van der Waals surface area contributed by atoms with Crippen LogP contribution in [-0.4, -0.2) is 5.67 Å². The van der Waals surface area contributed by atoms with Crippen molar-refractivity contribution < 1.29 is 4.39 Å². The predicted molar refractivity (Wildman–Crippen MR) is 131 cm³/mol. The molecule has 1 heteroatoms. The molecule has 1 unspecified atom stereocenters. The number of allylic oxidation sites excluding steroid dienone is 3. The molecule has 0 spiro atoms. The van der Waals surface area contributed by atoms with E-state index in [9.17, 15) is 0 Å². The van der Waals surface area contributed by atoms with Gasteiger partial charge in [0.05, 0.1) is 5.41 Å². The smallest absolute Gasteiger partial charge is 0.122 e. The van der Waals surface area contributed by atoms with E-state index >= 15 is 4.39 Å². The Morgan fingerprint density at radius 1 is 0.933 bits per heavy atom. The summed E-state index contributed by atoms with van der Waals surface area (Å²) in [5.41, 5.74) is 5.83. The van der Waals surface area contributed by atoms with Gasteiger partial charge in [-0.3, -0.25) is 0 Å². The predicted octanol–water partition coefficient (Wildman–Crippen LogP) is 8.57. The third-order valence-corrected chi connectivity index (χ3v) is 6.19. The van der Waals surface area contributed by atoms with Gasteiger partial charge in [0, 0.05) is 0 Å². The highest BCUT2D eigenvalue weighted by atomic mass is 19.1. The molecule has 0 saturated heterocycles. The van der Waals surface area contributed by atoms with Crippen molar-refractivity contribution in [1.29, 1.82) is 0 Å². The highest BCUT2D eigenvalue weighted by Crippen LogP contribution is 2.44. The molecule has 2 rings (SSSR count). The first kappa shape index (κ1) is 24.1. The molecule has 1 atom stereocenters. The van der Waals surface area contributed by atoms with E-state index in [1.807, 2.05) is 0 Å². The van der Waals surface area contributed by atoms with E-state index < -0.39 is 11.1 Å². The average molecular weight is 407 g/mol. The monoisotopic (exact) mass is 406 g/mol. The molecule has 0 aromatic heterocycles. The first-order valence-corrected chi connectivity index (χ1v) is 11.0. The van der Waals surface area contributed by atoms with Crippen molar-refractivity contribution >= 4 is 5.57 Å². The molecular formula is C29H39F. The van der Waals surface area contributed by atoms with Crippen molar-refractivity contribution in [2.45, 2.75) is 85.2 Å². The van der Waals surface area contributed by atoms with Crippen molar-refractivity contribution in [2.75, 3.05) is 0 Å². The molecule has 0 fully saturated rings. The van der Waals surface area contributed by atoms with Crippen LogP contribution in [0.2, 0.25) is 0 Å². The van der Waals surface area contributed by atoms with Crippen LogP contribution in [0.4, 0.5) is 4.39 Å². The number of hydrogen-bond acceptors (Lipinski definition) is 0. The summed E-state index contributed by atoms with van der Waals surface area (Å²) in [5.74, 6) is 0. The van der Waals surface area contributed by atoms with Gasteiger partial charge in [-0.25, -0.2) is 4.39 Å². The van der Waals surface area contributed by atoms with E-state index in [1.165, 1.54) is 11.1 Å². The summed E-state index contributed by atoms with van der Waals surface area (Å²) in [4.78, 5) is 0. The summed E-state index contributed by atoms with van der Waals surface area (Å²) < 4.78 is 15.9. The van der Waals surface area contributed by atoms with Crippen LogP contribution in [0, 0.1) is 20.8 Å². The summed E-state index contributed by atoms with van der Waals surface area (Å²) in [6.07, 6.45) is 4.72. The van der Waals surface area contributed by atoms with Crippen LogP contribution in [0.3, 0.4) is 0 Å². The second kappa shape index (κ2) is 8.53. The van der Waals surface area contributed by atoms with E-state index in [0.717, 1.165) is 34.2 Å². The van der Waals surface area contributed by atoms with E-state index in [2.05, 4.69) is 97.5 Å². The quantitative estimate of drug-likeness (QED) is 0.421. The Morgan fingerprint density at radius 3 is 1.90 bits per heavy atom. The topological polar surface area (TPSA) is 0 Å². The highest BCUT2D eigenvalue weighted by molar-refractivity contribution is 5.70. The van der Waals surface area contributed by atoms with Gasteiger partial charge in [0.2, 0.25) is 0 Å². The number of alkyl halides is 1. The van der Waals surface area contributed by atoms with Crippen LogP contribution in [-0.2, 0) is 10.8 Å². The van der Waals surface area contributed by atoms with Crippen LogP contribution in [0.1, 0.15) is 81.3 Å². The maximum Gasteiger partial charge on any atom is 0.122 e. The maximum atomic E-state index is 15.9. The minimum absolute atomic E-state index is 0.101. The fourth-order valence-corrected chi connectivity index (χ4v) is 4.60. The molecule has 162 valence electrons. The Bertz CT molecular complexity index is 927. The highest BCUT2D eigenvalue weighted by Gasteiger charge is 2.43. The molecular weight excluding hydrogens is 367 g/mol. The summed E-state index contributed by atoms with van der Waals surface area (Å²) in [7, 11) is 0. The van der Waals surface area contributed by atoms with Gasteiger partial charge in [0.1, 0.15) is 5.67 Å². The SMILES string of the molecule is C=CC(/C=C(\CC)c1ccc(C(C)(C)C)c(C)c1)(c1cc(C)cc(C)c1)C(C)(C)F. The lowest BCUT2D eigenvalue weighted by Crippen LogP contribution is -2.41. The number of hydrogen-bond donors (Lipinski definition) is 0. The lowest BCUT2D eigenvalue weighted by Gasteiger charge is -2.39. The van der Waals surface area contributed by atoms with Crippen LogP contribution in [0.15, 0.2) is 55.1 Å². The van der Waals surface area contributed by atoms with E-state index in [0.29, 0.717) is 0 Å². The van der Waals surface area contributed by atoms with E-state index in [1.54, 1.807) is 19.9 Å². The van der Waals surface area contributed by atoms with Gasteiger partial charge in [0.25, 0.3) is 0 Å². The number of benzene rings is 2. The van der Waals surface area contributed by atoms with Crippen molar-refractivity contribution in [1.82, 2.24) is 0 Å². The largest absolute Gasteiger partial charge is 0.243 e. The summed E-state index contributed by atoms with van der Waals surface area (Å²) in [6, 6.07) is 13.0. The fraction of sp³-hybridized carbons (Fsp3) is 0.448. The van der Waals surface area contributed by atoms with Crippen molar-refractivity contribution in [3.63, 3.8) is 0 Å². The van der Waals surface area contributed by atoms with Crippen molar-refractivity contribution in [2.24, 2.45) is 0 Å². The van der Waals surface area contributed by atoms with Crippen LogP contribution < -0.4 is 0 Å². The summed E-state index contributed by atoms with van der Waals surface area (Å²) in [5, 5.41) is 0. The molecule has 0 aliphatic carbocycles. The zero-order chi connectivity index (χ0) is 22.9. The van der Waals surface area contributed by atoms with Crippen LogP contribution in [0.5, 0.6) is 0 Å². The van der Waals surface area contributed by atoms with Gasteiger partial charge in [-0.1, -0.05) is 87.4 Å². The zero-order valence-corrected chi connectivity index (χ0v) is 20.4. The normalized spacial score (nSPS) is 15.1. The third-order valence-electron chi connectivity index (χ3n) is 6.19. The van der Waals surface area contributed by atoms with Crippen molar-refractivity contribution in [3.05, 3.63) is 88.5 Å². The number of halogens is 1. The number of aryl methyl sites for hydroxylation is 3. The molecule has 0 nitrogen and oxygen atoms in total. The second-order valence-electron chi connectivity index (χ2n) is 10.2. The second-order valence-corrected chi connectivity index (χ2v) is 10.2. The first-order valence-electron chi connectivity index (χ1n) is 11.0. The molecule has 30 heavy (non-hydrogen) atoms. The van der Waals surface area contributed by atoms with E-state index in [-0.39, 0.29) is 5.41 Å². The minimum Gasteiger partial charge on any atom is -0.243 e. The molecule has 2 aromatic rings. The Labute approximate surface area is 183 Å². The Kier molecular flexibility index (Phi) is 6.86. The maximum absolute atomic E-state index is 15.9. The Hall–Kier alpha value is -2.15. The Balaban J connectivity index is 2.75. The standard InChI is InChI=1S/C29H39F/c1-11-23(24-13-14-26(22(5)18-24)27(6,7)8)19-29(12-2,28(9,10)30)25-16-20(3)15-21(4)17-25/h12-19H,2,11H2,1,3-10H3/b23-19+. The molecule has 0 bridgehead atoms. The fourth-order valence-electron chi connectivity index (χ4n) is 4.60. The zero-order valence-electron chi connectivity index (χ0n) is 20.4. The molecule has 2 aromatic carbocycles. The minimum atomic E-state index is -1.50. The Morgan fingerprint density at radius 2 is 1.50 bits per heavy atom. The van der Waals surface area contributed by atoms with Gasteiger partial charge in [-0.05, 0) is 74.3 Å². The van der Waals surface area contributed by atoms with E-state index in [4.69, 9.17) is 0 Å². The molecule has 0 saturated carbocycles. The van der Waals surface area contributed by atoms with Crippen molar-refractivity contribution in [3.8, 4) is 0 Å².